The molecule has 0 saturated carbocycles. The van der Waals surface area contributed by atoms with E-state index in [1.807, 2.05) is 0 Å². The molecule has 3 rings (SSSR count). The molecule has 1 aliphatic carbocycles. The molecule has 0 aromatic heterocycles. The minimum atomic E-state index is -1.43. The molecule has 0 spiro atoms. The first-order chi connectivity index (χ1) is 9.29. The quantitative estimate of drug-likeness (QED) is 0.556. The van der Waals surface area contributed by atoms with Gasteiger partial charge >= 0.3 is 134 Å². The van der Waals surface area contributed by atoms with E-state index in [1.54, 1.807) is 10.4 Å². The first-order valence-electron chi connectivity index (χ1n) is 7.28. The standard InChI is InChI=1S/C16H22NOSi.2ClH.Ti/c1-16(2,3)17-12-7-5-6-11-10-13-15(14(11)12)19(13,4)9-8-18;;;/h5-7,10,17-18H,8-9H2,1-4H3;2*1H;/q;;;+2/p-2. The zero-order valence-electron chi connectivity index (χ0n) is 13.4. The van der Waals surface area contributed by atoms with E-state index in [4.69, 9.17) is 0 Å². The fraction of sp³-hybridized carbons (Fsp3) is 0.500. The normalized spacial score (nSPS) is 25.0. The third-order valence-electron chi connectivity index (χ3n) is 4.42. The van der Waals surface area contributed by atoms with Gasteiger partial charge < -0.3 is 24.8 Å². The third kappa shape index (κ3) is 3.09. The third-order valence-corrected chi connectivity index (χ3v) is 10.1. The van der Waals surface area contributed by atoms with Crippen molar-refractivity contribution in [3.05, 3.63) is 34.5 Å². The average molecular weight is 391 g/mol. The number of fused-ring (bicyclic) bond motifs is 2. The van der Waals surface area contributed by atoms with Gasteiger partial charge in [-0.15, -0.1) is 0 Å². The molecule has 2 aliphatic rings. The molecule has 0 fully saturated rings. The fourth-order valence-corrected chi connectivity index (χ4v) is 10.2. The van der Waals surface area contributed by atoms with Crippen molar-refractivity contribution < 1.29 is 50.4 Å². The Morgan fingerprint density at radius 1 is 1.27 bits per heavy atom. The molecular formula is C16H22Cl2NOSiTi. The number of halogens is 2. The summed E-state index contributed by atoms with van der Waals surface area (Å²) >= 11 is 2.33. The van der Waals surface area contributed by atoms with Gasteiger partial charge in [0.15, 0.2) is 0 Å². The van der Waals surface area contributed by atoms with Gasteiger partial charge in [0.1, 0.15) is 0 Å². The zero-order chi connectivity index (χ0) is 14.7. The predicted octanol–water partition coefficient (Wildman–Crippen LogP) is -2.58. The van der Waals surface area contributed by atoms with Crippen molar-refractivity contribution in [2.75, 3.05) is 11.9 Å². The van der Waals surface area contributed by atoms with Crippen LogP contribution in [0, 0.1) is 0 Å². The van der Waals surface area contributed by atoms with E-state index in [0.29, 0.717) is 10.8 Å². The van der Waals surface area contributed by atoms with Crippen LogP contribution in [0.5, 0.6) is 0 Å². The molecule has 2 atom stereocenters. The van der Waals surface area contributed by atoms with E-state index in [2.05, 4.69) is 71.3 Å². The summed E-state index contributed by atoms with van der Waals surface area (Å²) in [5.74, 6) is 0. The Labute approximate surface area is 158 Å². The molecule has 0 amide bonds. The maximum Gasteiger partial charge on any atom is -1.00 e. The molecule has 2 unspecified atom stereocenters. The summed E-state index contributed by atoms with van der Waals surface area (Å²) in [5.41, 5.74) is 4.30. The monoisotopic (exact) mass is 390 g/mol. The maximum absolute atomic E-state index is 9.38. The van der Waals surface area contributed by atoms with Gasteiger partial charge in [0.2, 0.25) is 0 Å². The SMILES string of the molecule is CC(C)(C)Nc1cccc2c1C1=C([CH]2[Ti+2])[Si]1(C)CCO.[Cl-].[Cl-]. The average Bonchev–Trinajstić information content (AvgIpc) is 2.76. The Morgan fingerprint density at radius 2 is 1.91 bits per heavy atom. The number of hydrogen-bond donors (Lipinski definition) is 2. The Kier molecular flexibility index (Phi) is 6.10. The van der Waals surface area contributed by atoms with Crippen molar-refractivity contribution in [1.29, 1.82) is 0 Å². The first kappa shape index (κ1) is 20.3. The van der Waals surface area contributed by atoms with Crippen molar-refractivity contribution >= 4 is 19.0 Å². The number of allylic oxidation sites excluding steroid dienone is 1. The second kappa shape index (κ2) is 6.62. The van der Waals surface area contributed by atoms with Crippen LogP contribution in [0.2, 0.25) is 12.6 Å². The Morgan fingerprint density at radius 3 is 2.45 bits per heavy atom. The van der Waals surface area contributed by atoms with Crippen LogP contribution in [0.15, 0.2) is 23.4 Å². The van der Waals surface area contributed by atoms with E-state index in [9.17, 15) is 5.11 Å². The number of anilines is 1. The van der Waals surface area contributed by atoms with Crippen LogP contribution < -0.4 is 30.1 Å². The molecule has 22 heavy (non-hydrogen) atoms. The van der Waals surface area contributed by atoms with Gasteiger partial charge in [0.25, 0.3) is 0 Å². The van der Waals surface area contributed by atoms with Crippen molar-refractivity contribution in [1.82, 2.24) is 0 Å². The number of aliphatic hydroxyl groups is 1. The van der Waals surface area contributed by atoms with Crippen LogP contribution in [0.25, 0.3) is 5.20 Å². The maximum atomic E-state index is 9.38. The van der Waals surface area contributed by atoms with E-state index in [1.165, 1.54) is 16.8 Å². The smallest absolute Gasteiger partial charge is 1.00 e. The first-order valence-corrected chi connectivity index (χ1v) is 10.9. The van der Waals surface area contributed by atoms with Gasteiger partial charge in [-0.3, -0.25) is 0 Å². The molecule has 0 bridgehead atoms. The minimum Gasteiger partial charge on any atom is -1.00 e. The van der Waals surface area contributed by atoms with E-state index in [0.717, 1.165) is 6.04 Å². The summed E-state index contributed by atoms with van der Waals surface area (Å²) in [6, 6.07) is 7.64. The summed E-state index contributed by atoms with van der Waals surface area (Å²) in [5, 5.41) is 16.4. The molecule has 0 saturated heterocycles. The molecule has 119 valence electrons. The van der Waals surface area contributed by atoms with E-state index >= 15 is 0 Å². The topological polar surface area (TPSA) is 32.3 Å². The van der Waals surface area contributed by atoms with Crippen molar-refractivity contribution in [2.24, 2.45) is 0 Å². The molecule has 2 nitrogen and oxygen atoms in total. The van der Waals surface area contributed by atoms with Gasteiger partial charge in [0.05, 0.1) is 0 Å². The Bertz CT molecular complexity index is 615. The van der Waals surface area contributed by atoms with Gasteiger partial charge in [-0.1, -0.05) is 0 Å². The molecule has 1 aromatic rings. The van der Waals surface area contributed by atoms with Gasteiger partial charge in [-0.05, 0) is 0 Å². The van der Waals surface area contributed by atoms with Crippen molar-refractivity contribution in [2.45, 2.75) is 43.1 Å². The number of benzene rings is 1. The summed E-state index contributed by atoms with van der Waals surface area (Å²) in [6.07, 6.45) is 0. The van der Waals surface area contributed by atoms with Crippen LogP contribution in [0.1, 0.15) is 36.1 Å². The van der Waals surface area contributed by atoms with Gasteiger partial charge in [-0.25, -0.2) is 0 Å². The van der Waals surface area contributed by atoms with Crippen molar-refractivity contribution in [3.8, 4) is 0 Å². The molecular weight excluding hydrogens is 369 g/mol. The Hall–Kier alpha value is 0.231. The molecule has 6 heteroatoms. The van der Waals surface area contributed by atoms with Crippen LogP contribution in [-0.2, 0) is 20.4 Å². The Balaban J connectivity index is 0.00000121. The van der Waals surface area contributed by atoms with Crippen LogP contribution >= 0.6 is 0 Å². The largest absolute Gasteiger partial charge is 1.00 e. The second-order valence-corrected chi connectivity index (χ2v) is 12.3. The van der Waals surface area contributed by atoms with E-state index < -0.39 is 8.07 Å². The molecule has 0 radical (unpaired) electrons. The van der Waals surface area contributed by atoms with E-state index in [-0.39, 0.29) is 30.4 Å². The van der Waals surface area contributed by atoms with Crippen LogP contribution in [-0.4, -0.2) is 25.3 Å². The summed E-state index contributed by atoms with van der Waals surface area (Å²) in [7, 11) is -1.43. The van der Waals surface area contributed by atoms with Crippen molar-refractivity contribution in [3.63, 3.8) is 0 Å². The summed E-state index contributed by atoms with van der Waals surface area (Å²) in [6.45, 7) is 9.36. The van der Waals surface area contributed by atoms with Crippen LogP contribution in [0.3, 0.4) is 0 Å². The molecule has 1 aromatic carbocycles. The van der Waals surface area contributed by atoms with Crippen LogP contribution in [0.4, 0.5) is 5.69 Å². The minimum absolute atomic E-state index is 0. The second-order valence-electron chi connectivity index (χ2n) is 7.17. The van der Waals surface area contributed by atoms with Gasteiger partial charge in [0, 0.05) is 0 Å². The summed E-state index contributed by atoms with van der Waals surface area (Å²) < 4.78 is 0.560. The molecule has 1 aliphatic heterocycles. The number of nitrogens with one attached hydrogen (secondary N) is 1. The number of aliphatic hydroxyl groups excluding tert-OH is 1. The zero-order valence-corrected chi connectivity index (χ0v) is 17.5. The molecule has 1 heterocycles. The number of rotatable bonds is 3. The van der Waals surface area contributed by atoms with Gasteiger partial charge in [-0.2, -0.15) is 0 Å². The summed E-state index contributed by atoms with van der Waals surface area (Å²) in [4.78, 5) is 0. The molecule has 2 N–H and O–H groups in total. The predicted molar refractivity (Wildman–Crippen MR) is 83.0 cm³/mol. The fourth-order valence-electron chi connectivity index (χ4n) is 3.55. The number of hydrogen-bond acceptors (Lipinski definition) is 2.